The molecule has 3 nitrogen and oxygen atoms in total. The van der Waals surface area contributed by atoms with Gasteiger partial charge in [-0.1, -0.05) is 6.92 Å². The Bertz CT molecular complexity index is 527. The molecule has 19 heavy (non-hydrogen) atoms. The molecule has 1 N–H and O–H groups in total. The molecule has 2 aromatic heterocycles. The molecule has 0 aliphatic rings. The maximum Gasteiger partial charge on any atom is 0.0596 e. The molecule has 1 unspecified atom stereocenters. The largest absolute Gasteiger partial charge is 0.309 e. The fraction of sp³-hybridized carbons (Fsp3) is 0.533. The minimum atomic E-state index is 0.397. The number of aromatic nitrogens is 2. The van der Waals surface area contributed by atoms with Crippen LogP contribution in [0.15, 0.2) is 18.2 Å². The summed E-state index contributed by atoms with van der Waals surface area (Å²) in [6.45, 7) is 7.48. The molecule has 0 aromatic carbocycles. The molecule has 2 aromatic rings. The molecular formula is C15H23N3S. The van der Waals surface area contributed by atoms with E-state index in [9.17, 15) is 0 Å². The minimum absolute atomic E-state index is 0.397. The smallest absolute Gasteiger partial charge is 0.0596 e. The molecule has 0 aliphatic carbocycles. The second kappa shape index (κ2) is 6.35. The van der Waals surface area contributed by atoms with Crippen molar-refractivity contribution < 1.29 is 0 Å². The van der Waals surface area contributed by atoms with Gasteiger partial charge in [0, 0.05) is 35.0 Å². The Kier molecular flexibility index (Phi) is 4.77. The van der Waals surface area contributed by atoms with Crippen molar-refractivity contribution >= 4 is 11.3 Å². The van der Waals surface area contributed by atoms with Crippen LogP contribution in [0.4, 0.5) is 0 Å². The van der Waals surface area contributed by atoms with Crippen LogP contribution < -0.4 is 5.32 Å². The second-order valence-corrected chi connectivity index (χ2v) is 6.38. The highest BCUT2D eigenvalue weighted by molar-refractivity contribution is 7.12. The Hall–Kier alpha value is -1.13. The average Bonchev–Trinajstić information content (AvgIpc) is 2.91. The second-order valence-electron chi connectivity index (χ2n) is 5.06. The zero-order chi connectivity index (χ0) is 13.8. The van der Waals surface area contributed by atoms with Gasteiger partial charge >= 0.3 is 0 Å². The summed E-state index contributed by atoms with van der Waals surface area (Å²) in [5.41, 5.74) is 2.38. The van der Waals surface area contributed by atoms with Gasteiger partial charge in [0.1, 0.15) is 0 Å². The summed E-state index contributed by atoms with van der Waals surface area (Å²) in [4.78, 5) is 2.80. The fourth-order valence-corrected chi connectivity index (χ4v) is 3.25. The van der Waals surface area contributed by atoms with E-state index in [-0.39, 0.29) is 0 Å². The Morgan fingerprint density at radius 2 is 2.16 bits per heavy atom. The van der Waals surface area contributed by atoms with E-state index in [0.717, 1.165) is 25.1 Å². The van der Waals surface area contributed by atoms with Gasteiger partial charge in [-0.25, -0.2) is 0 Å². The van der Waals surface area contributed by atoms with Crippen LogP contribution in [0.3, 0.4) is 0 Å². The van der Waals surface area contributed by atoms with Crippen LogP contribution in [-0.4, -0.2) is 16.3 Å². The lowest BCUT2D eigenvalue weighted by Gasteiger charge is -2.17. The first-order valence-corrected chi connectivity index (χ1v) is 7.71. The first kappa shape index (κ1) is 14.3. The highest BCUT2D eigenvalue weighted by atomic mass is 32.1. The predicted octanol–water partition coefficient (Wildman–Crippen LogP) is 3.38. The van der Waals surface area contributed by atoms with E-state index in [4.69, 9.17) is 0 Å². The Balaban J connectivity index is 2.16. The molecule has 0 aliphatic heterocycles. The molecule has 0 spiro atoms. The number of nitrogens with zero attached hydrogens (tertiary/aromatic N) is 2. The van der Waals surface area contributed by atoms with Crippen LogP contribution in [0.2, 0.25) is 0 Å². The Morgan fingerprint density at radius 1 is 1.37 bits per heavy atom. The van der Waals surface area contributed by atoms with Crippen molar-refractivity contribution in [2.24, 2.45) is 7.05 Å². The number of nitrogens with one attached hydrogen (secondary N) is 1. The minimum Gasteiger partial charge on any atom is -0.309 e. The molecule has 0 saturated carbocycles. The summed E-state index contributed by atoms with van der Waals surface area (Å²) < 4.78 is 2.00. The number of hydrogen-bond acceptors (Lipinski definition) is 3. The third-order valence-corrected chi connectivity index (χ3v) is 4.37. The molecule has 104 valence electrons. The van der Waals surface area contributed by atoms with Crippen molar-refractivity contribution in [2.45, 2.75) is 39.7 Å². The summed E-state index contributed by atoms with van der Waals surface area (Å²) in [5.74, 6) is 0. The maximum absolute atomic E-state index is 4.44. The molecule has 0 saturated heterocycles. The molecule has 0 fully saturated rings. The van der Waals surface area contributed by atoms with E-state index in [1.807, 2.05) is 30.0 Å². The summed E-state index contributed by atoms with van der Waals surface area (Å²) in [6.07, 6.45) is 2.16. The molecule has 0 bridgehead atoms. The molecule has 2 heterocycles. The Labute approximate surface area is 119 Å². The van der Waals surface area contributed by atoms with Gasteiger partial charge in [0.15, 0.2) is 0 Å². The van der Waals surface area contributed by atoms with Crippen LogP contribution in [-0.2, 0) is 13.5 Å². The standard InChI is InChI=1S/C15H23N3S/c1-5-8-16-14(15-7-6-12(3)19-15)10-13-9-11(2)17-18(13)4/h6-7,9,14,16H,5,8,10H2,1-4H3. The van der Waals surface area contributed by atoms with E-state index in [0.29, 0.717) is 6.04 Å². The summed E-state index contributed by atoms with van der Waals surface area (Å²) >= 11 is 1.89. The van der Waals surface area contributed by atoms with Gasteiger partial charge in [-0.3, -0.25) is 4.68 Å². The van der Waals surface area contributed by atoms with Crippen molar-refractivity contribution in [1.29, 1.82) is 0 Å². The first-order chi connectivity index (χ1) is 9.10. The highest BCUT2D eigenvalue weighted by Gasteiger charge is 2.15. The van der Waals surface area contributed by atoms with Crippen molar-refractivity contribution in [1.82, 2.24) is 15.1 Å². The van der Waals surface area contributed by atoms with Gasteiger partial charge in [-0.05, 0) is 45.0 Å². The molecule has 0 amide bonds. The normalized spacial score (nSPS) is 12.8. The van der Waals surface area contributed by atoms with E-state index >= 15 is 0 Å². The summed E-state index contributed by atoms with van der Waals surface area (Å²) in [5, 5.41) is 8.09. The Morgan fingerprint density at radius 3 is 2.68 bits per heavy atom. The van der Waals surface area contributed by atoms with Crippen LogP contribution in [0.25, 0.3) is 0 Å². The molecule has 4 heteroatoms. The van der Waals surface area contributed by atoms with Gasteiger partial charge in [-0.2, -0.15) is 5.10 Å². The molecule has 2 rings (SSSR count). The van der Waals surface area contributed by atoms with Gasteiger partial charge in [0.2, 0.25) is 0 Å². The third kappa shape index (κ3) is 3.67. The van der Waals surface area contributed by atoms with E-state index in [1.165, 1.54) is 15.4 Å². The zero-order valence-electron chi connectivity index (χ0n) is 12.2. The lowest BCUT2D eigenvalue weighted by atomic mass is 10.1. The molecule has 0 radical (unpaired) electrons. The van der Waals surface area contributed by atoms with Crippen LogP contribution in [0.5, 0.6) is 0 Å². The molecular weight excluding hydrogens is 254 g/mol. The number of hydrogen-bond donors (Lipinski definition) is 1. The third-order valence-electron chi connectivity index (χ3n) is 3.26. The summed E-state index contributed by atoms with van der Waals surface area (Å²) in [6, 6.07) is 7.03. The summed E-state index contributed by atoms with van der Waals surface area (Å²) in [7, 11) is 2.03. The van der Waals surface area contributed by atoms with Gasteiger partial charge < -0.3 is 5.32 Å². The van der Waals surface area contributed by atoms with Crippen molar-refractivity contribution in [3.63, 3.8) is 0 Å². The van der Waals surface area contributed by atoms with E-state index in [2.05, 4.69) is 42.5 Å². The monoisotopic (exact) mass is 277 g/mol. The fourth-order valence-electron chi connectivity index (χ4n) is 2.30. The van der Waals surface area contributed by atoms with Gasteiger partial charge in [-0.15, -0.1) is 11.3 Å². The van der Waals surface area contributed by atoms with Crippen molar-refractivity contribution in [3.8, 4) is 0 Å². The SMILES string of the molecule is CCCNC(Cc1cc(C)nn1C)c1ccc(C)s1. The zero-order valence-corrected chi connectivity index (χ0v) is 13.0. The lowest BCUT2D eigenvalue weighted by molar-refractivity contribution is 0.519. The molecule has 1 atom stereocenters. The van der Waals surface area contributed by atoms with Crippen LogP contribution in [0, 0.1) is 13.8 Å². The van der Waals surface area contributed by atoms with Crippen molar-refractivity contribution in [3.05, 3.63) is 39.3 Å². The number of aryl methyl sites for hydroxylation is 3. The topological polar surface area (TPSA) is 29.9 Å². The number of rotatable bonds is 6. The maximum atomic E-state index is 4.44. The van der Waals surface area contributed by atoms with E-state index in [1.54, 1.807) is 0 Å². The highest BCUT2D eigenvalue weighted by Crippen LogP contribution is 2.25. The van der Waals surface area contributed by atoms with Gasteiger partial charge in [0.25, 0.3) is 0 Å². The lowest BCUT2D eigenvalue weighted by Crippen LogP contribution is -2.24. The predicted molar refractivity (Wildman–Crippen MR) is 81.7 cm³/mol. The van der Waals surface area contributed by atoms with E-state index < -0.39 is 0 Å². The quantitative estimate of drug-likeness (QED) is 0.877. The first-order valence-electron chi connectivity index (χ1n) is 6.89. The van der Waals surface area contributed by atoms with Crippen molar-refractivity contribution in [2.75, 3.05) is 6.54 Å². The van der Waals surface area contributed by atoms with Gasteiger partial charge in [0.05, 0.1) is 5.69 Å². The van der Waals surface area contributed by atoms with Crippen LogP contribution in [0.1, 0.15) is 40.5 Å². The van der Waals surface area contributed by atoms with Crippen LogP contribution >= 0.6 is 11.3 Å². The average molecular weight is 277 g/mol. The number of thiophene rings is 1.